The molecule has 0 N–H and O–H groups in total. The summed E-state index contributed by atoms with van der Waals surface area (Å²) in [7, 11) is 0. The van der Waals surface area contributed by atoms with Gasteiger partial charge in [0.25, 0.3) is 0 Å². The summed E-state index contributed by atoms with van der Waals surface area (Å²) in [6.45, 7) is -4.69. The lowest BCUT2D eigenvalue weighted by Crippen LogP contribution is -2.18. The molecule has 1 aromatic carbocycles. The molecule has 0 saturated carbocycles. The average Bonchev–Trinajstić information content (AvgIpc) is 2.00. The molecule has 6 heteroatoms. The minimum absolute atomic E-state index is 0.633. The fourth-order valence-corrected chi connectivity index (χ4v) is 2.06. The fraction of sp³-hybridized carbons (Fsp3) is 0.143. The van der Waals surface area contributed by atoms with E-state index in [2.05, 4.69) is 15.9 Å². The van der Waals surface area contributed by atoms with Crippen LogP contribution in [0.4, 0.5) is 12.9 Å². The lowest BCUT2D eigenvalue weighted by Gasteiger charge is -2.12. The van der Waals surface area contributed by atoms with Gasteiger partial charge in [0.1, 0.15) is 0 Å². The molecule has 0 aliphatic heterocycles. The van der Waals surface area contributed by atoms with Crippen LogP contribution in [-0.4, -0.2) is 12.6 Å². The summed E-state index contributed by atoms with van der Waals surface area (Å²) in [6.07, 6.45) is 0. The number of hydrogen-bond acceptors (Lipinski definition) is 1. The van der Waals surface area contributed by atoms with Crippen molar-refractivity contribution in [3.8, 4) is 0 Å². The second-order valence-electron chi connectivity index (χ2n) is 2.48. The summed E-state index contributed by atoms with van der Waals surface area (Å²) < 4.78 is 36.4. The summed E-state index contributed by atoms with van der Waals surface area (Å²) >= 11 is 4.01. The van der Waals surface area contributed by atoms with Crippen LogP contribution in [-0.2, 0) is 0 Å². The van der Waals surface area contributed by atoms with Gasteiger partial charge in [-0.25, -0.2) is 0 Å². The highest BCUT2D eigenvalue weighted by molar-refractivity contribution is 9.10. The Kier molecular flexibility index (Phi) is 3.73. The van der Waals surface area contributed by atoms with Crippen molar-refractivity contribution in [2.24, 2.45) is 0 Å². The van der Waals surface area contributed by atoms with Gasteiger partial charge in [-0.3, -0.25) is 0 Å². The molecule has 0 fully saturated rings. The SMILES string of the molecule is F[B-](F)(F)CSc1cccc(Br)c1. The molecule has 0 aromatic heterocycles. The van der Waals surface area contributed by atoms with Gasteiger partial charge in [-0.1, -0.05) is 22.0 Å². The smallest absolute Gasteiger partial charge is 0.448 e. The third kappa shape index (κ3) is 4.62. The summed E-state index contributed by atoms with van der Waals surface area (Å²) in [4.78, 5) is 0.633. The Balaban J connectivity index is 2.55. The molecule has 0 heterocycles. The first kappa shape index (κ1) is 11.0. The van der Waals surface area contributed by atoms with E-state index in [1.54, 1.807) is 24.3 Å². The van der Waals surface area contributed by atoms with Crippen molar-refractivity contribution in [3.05, 3.63) is 28.7 Å². The molecular weight excluding hydrogens is 264 g/mol. The van der Waals surface area contributed by atoms with Crippen LogP contribution in [0.25, 0.3) is 0 Å². The molecule has 0 bridgehead atoms. The van der Waals surface area contributed by atoms with E-state index < -0.39 is 12.6 Å². The topological polar surface area (TPSA) is 0 Å². The Morgan fingerprint density at radius 1 is 1.31 bits per heavy atom. The molecule has 0 spiro atoms. The molecule has 0 aliphatic carbocycles. The summed E-state index contributed by atoms with van der Waals surface area (Å²) in [6, 6.07) is 6.84. The second-order valence-corrected chi connectivity index (χ2v) is 4.49. The van der Waals surface area contributed by atoms with Crippen LogP contribution in [0.2, 0.25) is 0 Å². The zero-order valence-corrected chi connectivity index (χ0v) is 8.92. The highest BCUT2D eigenvalue weighted by Gasteiger charge is 2.22. The van der Waals surface area contributed by atoms with Gasteiger partial charge in [0.05, 0.1) is 0 Å². The van der Waals surface area contributed by atoms with Crippen molar-refractivity contribution < 1.29 is 12.9 Å². The quantitative estimate of drug-likeness (QED) is 0.592. The molecule has 0 amide bonds. The van der Waals surface area contributed by atoms with E-state index in [1.165, 1.54) is 0 Å². The van der Waals surface area contributed by atoms with Gasteiger partial charge in [-0.15, -0.1) is 0 Å². The molecule has 13 heavy (non-hydrogen) atoms. The van der Waals surface area contributed by atoms with E-state index >= 15 is 0 Å². The molecule has 0 saturated heterocycles. The van der Waals surface area contributed by atoms with Crippen molar-refractivity contribution in [3.63, 3.8) is 0 Å². The fourth-order valence-electron chi connectivity index (χ4n) is 0.747. The van der Waals surface area contributed by atoms with Crippen molar-refractivity contribution in [2.75, 3.05) is 5.65 Å². The van der Waals surface area contributed by atoms with Crippen LogP contribution >= 0.6 is 27.7 Å². The minimum atomic E-state index is -4.69. The lowest BCUT2D eigenvalue weighted by atomic mass is 9.98. The number of rotatable bonds is 3. The largest absolute Gasteiger partial charge is 0.488 e. The Morgan fingerprint density at radius 2 is 2.00 bits per heavy atom. The zero-order chi connectivity index (χ0) is 9.90. The predicted octanol–water partition coefficient (Wildman–Crippen LogP) is 3.93. The van der Waals surface area contributed by atoms with Gasteiger partial charge in [-0.05, 0) is 23.9 Å². The molecule has 0 atom stereocenters. The van der Waals surface area contributed by atoms with E-state index in [9.17, 15) is 12.9 Å². The van der Waals surface area contributed by atoms with Gasteiger partial charge in [-0.2, -0.15) is 11.8 Å². The third-order valence-electron chi connectivity index (χ3n) is 1.24. The Labute approximate surface area is 87.1 Å². The molecule has 0 aliphatic rings. The summed E-state index contributed by atoms with van der Waals surface area (Å²) in [5, 5.41) is 0. The van der Waals surface area contributed by atoms with Crippen LogP contribution in [0, 0.1) is 0 Å². The van der Waals surface area contributed by atoms with Crippen molar-refractivity contribution >= 4 is 34.7 Å². The molecule has 0 nitrogen and oxygen atoms in total. The molecular formula is C7H6BBrF3S-. The normalized spacial score (nSPS) is 11.7. The van der Waals surface area contributed by atoms with Crippen molar-refractivity contribution in [2.45, 2.75) is 4.90 Å². The molecule has 0 unspecified atom stereocenters. The van der Waals surface area contributed by atoms with Crippen molar-refractivity contribution in [1.29, 1.82) is 0 Å². The van der Waals surface area contributed by atoms with Crippen LogP contribution in [0.3, 0.4) is 0 Å². The number of thioether (sulfide) groups is 1. The molecule has 72 valence electrons. The van der Waals surface area contributed by atoms with Gasteiger partial charge in [0, 0.05) is 9.37 Å². The van der Waals surface area contributed by atoms with E-state index in [0.29, 0.717) is 4.90 Å². The van der Waals surface area contributed by atoms with Crippen LogP contribution < -0.4 is 0 Å². The molecule has 0 radical (unpaired) electrons. The lowest BCUT2D eigenvalue weighted by molar-refractivity contribution is 0.485. The summed E-state index contributed by atoms with van der Waals surface area (Å²) in [5.41, 5.74) is -0.781. The van der Waals surface area contributed by atoms with Gasteiger partial charge in [0.2, 0.25) is 0 Å². The van der Waals surface area contributed by atoms with Gasteiger partial charge in [0.15, 0.2) is 0 Å². The average molecular weight is 270 g/mol. The van der Waals surface area contributed by atoms with Crippen LogP contribution in [0.5, 0.6) is 0 Å². The van der Waals surface area contributed by atoms with Crippen molar-refractivity contribution in [1.82, 2.24) is 0 Å². The number of halogens is 4. The second kappa shape index (κ2) is 4.42. The maximum Gasteiger partial charge on any atom is 0.488 e. The van der Waals surface area contributed by atoms with E-state index in [-0.39, 0.29) is 0 Å². The maximum atomic E-state index is 11.9. The van der Waals surface area contributed by atoms with Crippen LogP contribution in [0.15, 0.2) is 33.6 Å². The van der Waals surface area contributed by atoms with Gasteiger partial charge >= 0.3 is 6.98 Å². The first-order valence-electron chi connectivity index (χ1n) is 3.57. The maximum absolute atomic E-state index is 11.9. The molecule has 1 rings (SSSR count). The highest BCUT2D eigenvalue weighted by Crippen LogP contribution is 2.26. The highest BCUT2D eigenvalue weighted by atomic mass is 79.9. The standard InChI is InChI=1S/C7H6BBrF3S/c9-6-2-1-3-7(4-6)13-5-8(10,11)12/h1-4H,5H2/q-1. The predicted molar refractivity (Wildman–Crippen MR) is 53.9 cm³/mol. The minimum Gasteiger partial charge on any atom is -0.448 e. The summed E-state index contributed by atoms with van der Waals surface area (Å²) in [5.74, 6) is 0. The van der Waals surface area contributed by atoms with E-state index in [1.807, 2.05) is 0 Å². The molecule has 1 aromatic rings. The zero-order valence-electron chi connectivity index (χ0n) is 6.51. The first-order valence-corrected chi connectivity index (χ1v) is 5.34. The third-order valence-corrected chi connectivity index (χ3v) is 2.86. The monoisotopic (exact) mass is 269 g/mol. The van der Waals surface area contributed by atoms with Gasteiger partial charge < -0.3 is 12.9 Å². The Hall–Kier alpha value is -0.0951. The Morgan fingerprint density at radius 3 is 2.54 bits per heavy atom. The van der Waals surface area contributed by atoms with E-state index in [4.69, 9.17) is 0 Å². The first-order chi connectivity index (χ1) is 5.97. The van der Waals surface area contributed by atoms with Crippen LogP contribution in [0.1, 0.15) is 0 Å². The Bertz CT molecular complexity index is 289. The van der Waals surface area contributed by atoms with E-state index in [0.717, 1.165) is 16.2 Å². The number of benzene rings is 1. The number of hydrogen-bond donors (Lipinski definition) is 0.